The van der Waals surface area contributed by atoms with Crippen molar-refractivity contribution in [2.75, 3.05) is 0 Å². The second-order valence-corrected chi connectivity index (χ2v) is 5.66. The molecule has 0 amide bonds. The smallest absolute Gasteiger partial charge is 0.216 e. The normalized spacial score (nSPS) is 14.7. The summed E-state index contributed by atoms with van der Waals surface area (Å²) in [6.45, 7) is 0. The van der Waals surface area contributed by atoms with E-state index in [2.05, 4.69) is 20.4 Å². The van der Waals surface area contributed by atoms with E-state index in [0.29, 0.717) is 10.7 Å². The van der Waals surface area contributed by atoms with E-state index in [1.807, 2.05) is 41.2 Å². The number of nitrogens with one attached hydrogen (secondary N) is 1. The van der Waals surface area contributed by atoms with Crippen molar-refractivity contribution in [1.29, 1.82) is 0 Å². The number of hydrogen-bond acceptors (Lipinski definition) is 4. The van der Waals surface area contributed by atoms with E-state index in [-0.39, 0.29) is 0 Å². The maximum atomic E-state index is 5.23. The van der Waals surface area contributed by atoms with Gasteiger partial charge in [0.1, 0.15) is 0 Å². The number of nitrogens with zero attached hydrogens (tertiary/aromatic N) is 5. The molecule has 0 saturated heterocycles. The van der Waals surface area contributed by atoms with Gasteiger partial charge in [-0.05, 0) is 37.2 Å². The Kier molecular flexibility index (Phi) is 3.19. The van der Waals surface area contributed by atoms with E-state index < -0.39 is 0 Å². The lowest BCUT2D eigenvalue weighted by molar-refractivity contribution is 0.773. The number of rotatable bonds is 4. The predicted octanol–water partition coefficient (Wildman–Crippen LogP) is 2.89. The van der Waals surface area contributed by atoms with Crippen molar-refractivity contribution in [2.24, 2.45) is 5.10 Å². The second-order valence-electron chi connectivity index (χ2n) is 5.27. The van der Waals surface area contributed by atoms with Gasteiger partial charge in [-0.2, -0.15) is 20.0 Å². The summed E-state index contributed by atoms with van der Waals surface area (Å²) in [6, 6.07) is 9.96. The topological polar surface area (TPSA) is 63.8 Å². The van der Waals surface area contributed by atoms with Gasteiger partial charge in [-0.1, -0.05) is 18.2 Å². The molecule has 1 fully saturated rings. The molecule has 1 aliphatic carbocycles. The molecule has 22 heavy (non-hydrogen) atoms. The average Bonchev–Trinajstić information content (AvgIpc) is 3.17. The minimum absolute atomic E-state index is 0.483. The third-order valence-electron chi connectivity index (χ3n) is 3.56. The maximum Gasteiger partial charge on any atom is 0.216 e. The van der Waals surface area contributed by atoms with Gasteiger partial charge in [0.2, 0.25) is 4.77 Å². The summed E-state index contributed by atoms with van der Waals surface area (Å²) >= 11 is 5.23. The van der Waals surface area contributed by atoms with Gasteiger partial charge in [0, 0.05) is 17.7 Å². The fourth-order valence-electron chi connectivity index (χ4n) is 2.27. The Morgan fingerprint density at radius 3 is 2.86 bits per heavy atom. The number of aromatic amines is 1. The van der Waals surface area contributed by atoms with Gasteiger partial charge in [-0.25, -0.2) is 4.68 Å². The quantitative estimate of drug-likeness (QED) is 0.595. The molecule has 1 N–H and O–H groups in total. The van der Waals surface area contributed by atoms with Crippen LogP contribution in [-0.2, 0) is 0 Å². The molecule has 0 unspecified atom stereocenters. The third-order valence-corrected chi connectivity index (χ3v) is 3.83. The number of para-hydroxylation sites is 1. The Hall–Kier alpha value is -2.54. The highest BCUT2D eigenvalue weighted by Gasteiger charge is 2.29. The van der Waals surface area contributed by atoms with Crippen LogP contribution in [-0.4, -0.2) is 30.9 Å². The standard InChI is InChI=1S/C15H14N6S/c22-15-19-18-14(12-6-7-12)21(15)17-9-11-8-16-20(10-11)13-4-2-1-3-5-13/h1-5,8-10,12H,6-7H2,(H,19,22)/b17-9-. The first-order valence-electron chi connectivity index (χ1n) is 7.13. The van der Waals surface area contributed by atoms with Crippen LogP contribution in [0.5, 0.6) is 0 Å². The summed E-state index contributed by atoms with van der Waals surface area (Å²) in [6.07, 6.45) is 7.77. The first kappa shape index (κ1) is 13.1. The Morgan fingerprint density at radius 1 is 1.27 bits per heavy atom. The molecule has 1 aromatic carbocycles. The van der Waals surface area contributed by atoms with Crippen LogP contribution >= 0.6 is 12.2 Å². The first-order chi connectivity index (χ1) is 10.8. The lowest BCUT2D eigenvalue weighted by atomic mass is 10.3. The zero-order chi connectivity index (χ0) is 14.9. The average molecular weight is 310 g/mol. The Labute approximate surface area is 132 Å². The Morgan fingerprint density at radius 2 is 2.09 bits per heavy atom. The van der Waals surface area contributed by atoms with Gasteiger partial charge in [-0.3, -0.25) is 5.10 Å². The Balaban J connectivity index is 1.61. The lowest BCUT2D eigenvalue weighted by Crippen LogP contribution is -1.97. The summed E-state index contributed by atoms with van der Waals surface area (Å²) in [5, 5.41) is 15.9. The van der Waals surface area contributed by atoms with Crippen molar-refractivity contribution in [1.82, 2.24) is 24.7 Å². The van der Waals surface area contributed by atoms with E-state index in [0.717, 1.165) is 29.9 Å². The summed E-state index contributed by atoms with van der Waals surface area (Å²) in [5.41, 5.74) is 1.93. The second kappa shape index (κ2) is 5.34. The number of aromatic nitrogens is 5. The zero-order valence-electron chi connectivity index (χ0n) is 11.8. The van der Waals surface area contributed by atoms with E-state index in [1.54, 1.807) is 17.1 Å². The van der Waals surface area contributed by atoms with Crippen LogP contribution in [0.15, 0.2) is 47.8 Å². The maximum absolute atomic E-state index is 5.23. The molecule has 6 nitrogen and oxygen atoms in total. The fraction of sp³-hybridized carbons (Fsp3) is 0.200. The van der Waals surface area contributed by atoms with Crippen LogP contribution in [0, 0.1) is 4.77 Å². The summed E-state index contributed by atoms with van der Waals surface area (Å²) in [7, 11) is 0. The molecule has 0 spiro atoms. The molecule has 0 bridgehead atoms. The number of H-pyrrole nitrogens is 1. The van der Waals surface area contributed by atoms with Crippen LogP contribution in [0.2, 0.25) is 0 Å². The molecule has 2 aromatic heterocycles. The minimum atomic E-state index is 0.483. The highest BCUT2D eigenvalue weighted by Crippen LogP contribution is 2.38. The molecule has 7 heteroatoms. The molecule has 1 aliphatic rings. The number of benzene rings is 1. The monoisotopic (exact) mass is 310 g/mol. The van der Waals surface area contributed by atoms with Crippen LogP contribution in [0.4, 0.5) is 0 Å². The van der Waals surface area contributed by atoms with E-state index in [4.69, 9.17) is 12.2 Å². The first-order valence-corrected chi connectivity index (χ1v) is 7.54. The lowest BCUT2D eigenvalue weighted by Gasteiger charge is -1.98. The van der Waals surface area contributed by atoms with Crippen LogP contribution in [0.1, 0.15) is 30.1 Å². The molecule has 0 radical (unpaired) electrons. The van der Waals surface area contributed by atoms with Crippen molar-refractivity contribution in [3.05, 3.63) is 58.9 Å². The van der Waals surface area contributed by atoms with Crippen LogP contribution in [0.3, 0.4) is 0 Å². The van der Waals surface area contributed by atoms with Gasteiger partial charge in [-0.15, -0.1) is 0 Å². The van der Waals surface area contributed by atoms with Crippen molar-refractivity contribution in [3.8, 4) is 5.69 Å². The molecule has 2 heterocycles. The predicted molar refractivity (Wildman–Crippen MR) is 85.9 cm³/mol. The molecule has 1 saturated carbocycles. The van der Waals surface area contributed by atoms with Gasteiger partial charge >= 0.3 is 0 Å². The fourth-order valence-corrected chi connectivity index (χ4v) is 2.46. The van der Waals surface area contributed by atoms with Crippen molar-refractivity contribution in [2.45, 2.75) is 18.8 Å². The van der Waals surface area contributed by atoms with Gasteiger partial charge in [0.15, 0.2) is 5.82 Å². The number of hydrogen-bond donors (Lipinski definition) is 1. The largest absolute Gasteiger partial charge is 0.250 e. The van der Waals surface area contributed by atoms with Gasteiger partial charge in [0.05, 0.1) is 18.1 Å². The van der Waals surface area contributed by atoms with Crippen molar-refractivity contribution >= 4 is 18.4 Å². The Bertz CT molecular complexity index is 869. The molecule has 4 rings (SSSR count). The SMILES string of the molecule is S=c1[nH]nc(C2CC2)n1/N=C\c1cnn(-c2ccccc2)c1. The molecule has 3 aromatic rings. The summed E-state index contributed by atoms with van der Waals surface area (Å²) < 4.78 is 4.04. The zero-order valence-corrected chi connectivity index (χ0v) is 12.6. The minimum Gasteiger partial charge on any atom is -0.250 e. The molecular formula is C15H14N6S. The molecular weight excluding hydrogens is 296 g/mol. The van der Waals surface area contributed by atoms with Crippen molar-refractivity contribution in [3.63, 3.8) is 0 Å². The molecule has 110 valence electrons. The van der Waals surface area contributed by atoms with E-state index in [9.17, 15) is 0 Å². The molecule has 0 atom stereocenters. The third kappa shape index (κ3) is 2.50. The van der Waals surface area contributed by atoms with Crippen molar-refractivity contribution < 1.29 is 0 Å². The van der Waals surface area contributed by atoms with E-state index in [1.165, 1.54) is 0 Å². The molecule has 0 aliphatic heterocycles. The highest BCUT2D eigenvalue weighted by molar-refractivity contribution is 7.71. The van der Waals surface area contributed by atoms with Gasteiger partial charge in [0.25, 0.3) is 0 Å². The van der Waals surface area contributed by atoms with Crippen LogP contribution in [0.25, 0.3) is 5.69 Å². The summed E-state index contributed by atoms with van der Waals surface area (Å²) in [4.78, 5) is 0. The highest BCUT2D eigenvalue weighted by atomic mass is 32.1. The van der Waals surface area contributed by atoms with E-state index >= 15 is 0 Å². The van der Waals surface area contributed by atoms with Gasteiger partial charge < -0.3 is 0 Å². The summed E-state index contributed by atoms with van der Waals surface area (Å²) in [5.74, 6) is 1.40. The van der Waals surface area contributed by atoms with Crippen LogP contribution < -0.4 is 0 Å².